The van der Waals surface area contributed by atoms with Crippen molar-refractivity contribution in [1.82, 2.24) is 19.7 Å². The Bertz CT molecular complexity index is 708. The second-order valence-corrected chi connectivity index (χ2v) is 6.50. The summed E-state index contributed by atoms with van der Waals surface area (Å²) in [6.45, 7) is 4.12. The Balaban J connectivity index is 1.32. The summed E-state index contributed by atoms with van der Waals surface area (Å²) in [5.74, 6) is 1.33. The van der Waals surface area contributed by atoms with Crippen LogP contribution in [0.5, 0.6) is 5.75 Å². The molecule has 3 heterocycles. The van der Waals surface area contributed by atoms with Crippen LogP contribution in [-0.4, -0.2) is 45.3 Å². The number of rotatable bonds is 4. The zero-order valence-corrected chi connectivity index (χ0v) is 13.5. The van der Waals surface area contributed by atoms with Gasteiger partial charge in [0.25, 0.3) is 5.91 Å². The van der Waals surface area contributed by atoms with Crippen molar-refractivity contribution >= 4 is 11.6 Å². The summed E-state index contributed by atoms with van der Waals surface area (Å²) < 4.78 is 7.33. The number of hydrogen-bond donors (Lipinski definition) is 1. The lowest BCUT2D eigenvalue weighted by Crippen LogP contribution is -2.34. The average Bonchev–Trinajstić information content (AvgIpc) is 3.09. The van der Waals surface area contributed by atoms with Crippen LogP contribution in [0.4, 0.5) is 5.69 Å². The van der Waals surface area contributed by atoms with Gasteiger partial charge >= 0.3 is 0 Å². The zero-order chi connectivity index (χ0) is 16.4. The Hall–Kier alpha value is -2.41. The monoisotopic (exact) mass is 327 g/mol. The first-order chi connectivity index (χ1) is 11.8. The molecule has 0 aliphatic carbocycles. The molecule has 1 saturated heterocycles. The van der Waals surface area contributed by atoms with E-state index in [0.717, 1.165) is 37.6 Å². The molecule has 0 unspecified atom stereocenters. The quantitative estimate of drug-likeness (QED) is 0.922. The van der Waals surface area contributed by atoms with Crippen molar-refractivity contribution in [2.45, 2.75) is 25.9 Å². The van der Waals surface area contributed by atoms with Gasteiger partial charge < -0.3 is 10.1 Å². The van der Waals surface area contributed by atoms with Crippen molar-refractivity contribution in [2.24, 2.45) is 5.92 Å². The lowest BCUT2D eigenvalue weighted by atomic mass is 9.96. The Kier molecular flexibility index (Phi) is 4.17. The van der Waals surface area contributed by atoms with Gasteiger partial charge in [-0.05, 0) is 49.5 Å². The van der Waals surface area contributed by atoms with Crippen molar-refractivity contribution in [3.05, 3.63) is 36.4 Å². The van der Waals surface area contributed by atoms with Crippen LogP contribution in [0.25, 0.3) is 0 Å². The maximum absolute atomic E-state index is 11.4. The summed E-state index contributed by atoms with van der Waals surface area (Å²) in [6.07, 6.45) is 5.72. The second kappa shape index (κ2) is 6.60. The van der Waals surface area contributed by atoms with Gasteiger partial charge in [0.1, 0.15) is 18.4 Å². The predicted molar refractivity (Wildman–Crippen MR) is 88.6 cm³/mol. The number of piperidine rings is 1. The third-order valence-corrected chi connectivity index (χ3v) is 4.70. The van der Waals surface area contributed by atoms with Crippen LogP contribution in [0, 0.1) is 5.92 Å². The van der Waals surface area contributed by atoms with Gasteiger partial charge in [-0.3, -0.25) is 14.4 Å². The number of hydrogen-bond acceptors (Lipinski definition) is 5. The fourth-order valence-corrected chi connectivity index (χ4v) is 3.41. The van der Waals surface area contributed by atoms with Crippen LogP contribution < -0.4 is 10.1 Å². The molecule has 1 N–H and O–H groups in total. The lowest BCUT2D eigenvalue weighted by molar-refractivity contribution is -0.118. The minimum atomic E-state index is -0.0893. The summed E-state index contributed by atoms with van der Waals surface area (Å²) in [7, 11) is 0. The van der Waals surface area contributed by atoms with Crippen LogP contribution in [0.15, 0.2) is 30.9 Å². The molecule has 126 valence electrons. The van der Waals surface area contributed by atoms with Crippen LogP contribution in [0.3, 0.4) is 0 Å². The Morgan fingerprint density at radius 3 is 2.96 bits per heavy atom. The standard InChI is InChI=1S/C17H21N5O2/c23-17-10-24-16-2-1-14(7-15(16)20-17)8-21-5-3-13(4-6-21)9-22-12-18-11-19-22/h1-2,7,11-13H,3-6,8-10H2,(H,20,23). The van der Waals surface area contributed by atoms with Crippen LogP contribution >= 0.6 is 0 Å². The Labute approximate surface area is 140 Å². The van der Waals surface area contributed by atoms with E-state index in [4.69, 9.17) is 4.74 Å². The summed E-state index contributed by atoms with van der Waals surface area (Å²) in [5, 5.41) is 7.06. The van der Waals surface area contributed by atoms with Crippen molar-refractivity contribution < 1.29 is 9.53 Å². The van der Waals surface area contributed by atoms with Gasteiger partial charge in [0, 0.05) is 13.1 Å². The van der Waals surface area contributed by atoms with Crippen molar-refractivity contribution in [1.29, 1.82) is 0 Å². The molecular formula is C17H21N5O2. The fraction of sp³-hybridized carbons (Fsp3) is 0.471. The summed E-state index contributed by atoms with van der Waals surface area (Å²) in [4.78, 5) is 17.9. The van der Waals surface area contributed by atoms with Crippen LogP contribution in [0.1, 0.15) is 18.4 Å². The number of likely N-dealkylation sites (tertiary alicyclic amines) is 1. The summed E-state index contributed by atoms with van der Waals surface area (Å²) >= 11 is 0. The van der Waals surface area contributed by atoms with Gasteiger partial charge in [0.2, 0.25) is 0 Å². The third kappa shape index (κ3) is 3.41. The third-order valence-electron chi connectivity index (χ3n) is 4.70. The largest absolute Gasteiger partial charge is 0.482 e. The second-order valence-electron chi connectivity index (χ2n) is 6.50. The number of aromatic nitrogens is 3. The molecule has 1 amide bonds. The Morgan fingerprint density at radius 1 is 1.29 bits per heavy atom. The molecule has 0 saturated carbocycles. The fourth-order valence-electron chi connectivity index (χ4n) is 3.41. The molecule has 0 radical (unpaired) electrons. The predicted octanol–water partition coefficient (Wildman–Crippen LogP) is 1.52. The number of ether oxygens (including phenoxy) is 1. The van der Waals surface area contributed by atoms with Gasteiger partial charge in [-0.25, -0.2) is 4.98 Å². The molecule has 1 aromatic carbocycles. The van der Waals surface area contributed by atoms with Gasteiger partial charge in [0.05, 0.1) is 5.69 Å². The highest BCUT2D eigenvalue weighted by Gasteiger charge is 2.21. The first kappa shape index (κ1) is 15.1. The number of benzene rings is 1. The average molecular weight is 327 g/mol. The number of fused-ring (bicyclic) bond motifs is 1. The van der Waals surface area contributed by atoms with E-state index in [9.17, 15) is 4.79 Å². The number of anilines is 1. The lowest BCUT2D eigenvalue weighted by Gasteiger charge is -2.32. The van der Waals surface area contributed by atoms with E-state index in [0.29, 0.717) is 5.92 Å². The van der Waals surface area contributed by atoms with Crippen molar-refractivity contribution in [3.8, 4) is 5.75 Å². The molecule has 4 rings (SSSR count). The number of carbonyl (C=O) groups is 1. The summed E-state index contributed by atoms with van der Waals surface area (Å²) in [5.41, 5.74) is 1.99. The topological polar surface area (TPSA) is 72.3 Å². The first-order valence-electron chi connectivity index (χ1n) is 8.36. The molecule has 0 bridgehead atoms. The highest BCUT2D eigenvalue weighted by molar-refractivity contribution is 5.95. The molecule has 0 spiro atoms. The number of nitrogens with zero attached hydrogens (tertiary/aromatic N) is 4. The highest BCUT2D eigenvalue weighted by Crippen LogP contribution is 2.29. The molecule has 1 fully saturated rings. The smallest absolute Gasteiger partial charge is 0.262 e. The number of nitrogens with one attached hydrogen (secondary N) is 1. The molecule has 7 nitrogen and oxygen atoms in total. The molecule has 2 aromatic rings. The maximum Gasteiger partial charge on any atom is 0.262 e. The van der Waals surface area contributed by atoms with E-state index in [1.165, 1.54) is 18.4 Å². The normalized spacial score (nSPS) is 18.8. The van der Waals surface area contributed by atoms with E-state index < -0.39 is 0 Å². The minimum absolute atomic E-state index is 0.0893. The minimum Gasteiger partial charge on any atom is -0.482 e. The van der Waals surface area contributed by atoms with E-state index in [1.807, 2.05) is 16.8 Å². The molecule has 0 atom stereocenters. The molecular weight excluding hydrogens is 306 g/mol. The zero-order valence-electron chi connectivity index (χ0n) is 13.5. The highest BCUT2D eigenvalue weighted by atomic mass is 16.5. The molecule has 2 aliphatic heterocycles. The number of amides is 1. The molecule has 1 aromatic heterocycles. The van der Waals surface area contributed by atoms with Crippen molar-refractivity contribution in [3.63, 3.8) is 0 Å². The van der Waals surface area contributed by atoms with Crippen LogP contribution in [0.2, 0.25) is 0 Å². The SMILES string of the molecule is O=C1COc2ccc(CN3CCC(Cn4cncn4)CC3)cc2N1. The van der Waals surface area contributed by atoms with E-state index in [-0.39, 0.29) is 12.5 Å². The van der Waals surface area contributed by atoms with Crippen LogP contribution in [-0.2, 0) is 17.9 Å². The summed E-state index contributed by atoms with van der Waals surface area (Å²) in [6, 6.07) is 6.05. The van der Waals surface area contributed by atoms with Gasteiger partial charge in [-0.1, -0.05) is 6.07 Å². The van der Waals surface area contributed by atoms with Gasteiger partial charge in [0.15, 0.2) is 6.61 Å². The number of carbonyl (C=O) groups excluding carboxylic acids is 1. The van der Waals surface area contributed by atoms with E-state index in [2.05, 4.69) is 26.4 Å². The van der Waals surface area contributed by atoms with E-state index in [1.54, 1.807) is 12.7 Å². The maximum atomic E-state index is 11.4. The van der Waals surface area contributed by atoms with Crippen molar-refractivity contribution in [2.75, 3.05) is 25.0 Å². The molecule has 24 heavy (non-hydrogen) atoms. The Morgan fingerprint density at radius 2 is 2.17 bits per heavy atom. The molecule has 2 aliphatic rings. The first-order valence-corrected chi connectivity index (χ1v) is 8.36. The van der Waals surface area contributed by atoms with Gasteiger partial charge in [-0.15, -0.1) is 0 Å². The van der Waals surface area contributed by atoms with E-state index >= 15 is 0 Å². The van der Waals surface area contributed by atoms with Gasteiger partial charge in [-0.2, -0.15) is 5.10 Å². The molecule has 7 heteroatoms.